The highest BCUT2D eigenvalue weighted by Crippen LogP contribution is 2.23. The predicted octanol–water partition coefficient (Wildman–Crippen LogP) is 3.14. The van der Waals surface area contributed by atoms with Crippen LogP contribution in [0.25, 0.3) is 0 Å². The number of hydrogen-bond donors (Lipinski definition) is 1. The number of morpholine rings is 1. The molecule has 0 aromatic heterocycles. The van der Waals surface area contributed by atoms with E-state index in [0.717, 1.165) is 56.1 Å². The number of unbranched alkanes of at least 4 members (excludes halogenated alkanes) is 3. The van der Waals surface area contributed by atoms with E-state index in [4.69, 9.17) is 4.74 Å². The van der Waals surface area contributed by atoms with Crippen molar-refractivity contribution in [1.29, 1.82) is 0 Å². The largest absolute Gasteiger partial charge is 0.378 e. The molecule has 1 saturated heterocycles. The van der Waals surface area contributed by atoms with Gasteiger partial charge in [0.2, 0.25) is 0 Å². The second kappa shape index (κ2) is 8.79. The second-order valence-electron chi connectivity index (χ2n) is 5.94. The third-order valence-electron chi connectivity index (χ3n) is 4.06. The van der Waals surface area contributed by atoms with Crippen LogP contribution >= 0.6 is 0 Å². The van der Waals surface area contributed by atoms with Gasteiger partial charge in [-0.2, -0.15) is 0 Å². The first-order valence-electron chi connectivity index (χ1n) is 8.44. The Bertz CT molecular complexity index is 482. The Morgan fingerprint density at radius 2 is 2.00 bits per heavy atom. The minimum atomic E-state index is 0.0432. The fourth-order valence-corrected chi connectivity index (χ4v) is 2.76. The molecule has 22 heavy (non-hydrogen) atoms. The minimum absolute atomic E-state index is 0.0432. The van der Waals surface area contributed by atoms with Crippen molar-refractivity contribution in [1.82, 2.24) is 5.32 Å². The fourth-order valence-electron chi connectivity index (χ4n) is 2.76. The van der Waals surface area contributed by atoms with Crippen LogP contribution in [0.1, 0.15) is 48.5 Å². The lowest BCUT2D eigenvalue weighted by Crippen LogP contribution is -2.38. The van der Waals surface area contributed by atoms with E-state index in [2.05, 4.69) is 29.3 Å². The summed E-state index contributed by atoms with van der Waals surface area (Å²) in [5.74, 6) is 0.0432. The molecule has 0 unspecified atom stereocenters. The molecule has 1 aliphatic rings. The van der Waals surface area contributed by atoms with E-state index in [1.54, 1.807) is 0 Å². The number of benzene rings is 1. The Balaban J connectivity index is 2.01. The van der Waals surface area contributed by atoms with Crippen LogP contribution in [0.15, 0.2) is 18.2 Å². The summed E-state index contributed by atoms with van der Waals surface area (Å²) in [6, 6.07) is 6.13. The van der Waals surface area contributed by atoms with Crippen LogP contribution in [-0.2, 0) is 4.74 Å². The number of ether oxygens (including phenoxy) is 1. The van der Waals surface area contributed by atoms with Crippen LogP contribution < -0.4 is 10.2 Å². The monoisotopic (exact) mass is 304 g/mol. The zero-order valence-electron chi connectivity index (χ0n) is 13.9. The van der Waals surface area contributed by atoms with Gasteiger partial charge in [0, 0.05) is 25.3 Å². The normalized spacial score (nSPS) is 14.9. The Morgan fingerprint density at radius 3 is 2.73 bits per heavy atom. The van der Waals surface area contributed by atoms with Crippen LogP contribution in [0.5, 0.6) is 0 Å². The second-order valence-corrected chi connectivity index (χ2v) is 5.94. The number of nitrogens with one attached hydrogen (secondary N) is 1. The van der Waals surface area contributed by atoms with Gasteiger partial charge in [0.1, 0.15) is 0 Å². The molecule has 0 bridgehead atoms. The maximum atomic E-state index is 12.5. The fraction of sp³-hybridized carbons (Fsp3) is 0.611. The standard InChI is InChI=1S/C18H28N2O2/c1-3-4-5-6-9-19-18(21)16-14-15(2)7-8-17(16)20-10-12-22-13-11-20/h7-8,14H,3-6,9-13H2,1-2H3,(H,19,21). The van der Waals surface area contributed by atoms with E-state index in [0.29, 0.717) is 0 Å². The Morgan fingerprint density at radius 1 is 1.23 bits per heavy atom. The van der Waals surface area contributed by atoms with Gasteiger partial charge in [0.25, 0.3) is 5.91 Å². The number of nitrogens with zero attached hydrogens (tertiary/aromatic N) is 1. The lowest BCUT2D eigenvalue weighted by Gasteiger charge is -2.30. The number of amides is 1. The van der Waals surface area contributed by atoms with Gasteiger partial charge in [-0.1, -0.05) is 37.8 Å². The van der Waals surface area contributed by atoms with Crippen molar-refractivity contribution >= 4 is 11.6 Å². The molecule has 1 aromatic rings. The molecule has 4 heteroatoms. The maximum Gasteiger partial charge on any atom is 0.253 e. The smallest absolute Gasteiger partial charge is 0.253 e. The molecular weight excluding hydrogens is 276 g/mol. The molecule has 1 aromatic carbocycles. The minimum Gasteiger partial charge on any atom is -0.378 e. The third kappa shape index (κ3) is 4.73. The summed E-state index contributed by atoms with van der Waals surface area (Å²) in [5.41, 5.74) is 2.94. The Hall–Kier alpha value is -1.55. The SMILES string of the molecule is CCCCCCNC(=O)c1cc(C)ccc1N1CCOCC1. The van der Waals surface area contributed by atoms with Crippen LogP contribution in [0.4, 0.5) is 5.69 Å². The predicted molar refractivity (Wildman–Crippen MR) is 90.7 cm³/mol. The van der Waals surface area contributed by atoms with Crippen molar-refractivity contribution in [3.63, 3.8) is 0 Å². The van der Waals surface area contributed by atoms with Crippen LogP contribution in [0.3, 0.4) is 0 Å². The zero-order valence-corrected chi connectivity index (χ0v) is 13.9. The molecule has 1 amide bonds. The first-order valence-corrected chi connectivity index (χ1v) is 8.44. The van der Waals surface area contributed by atoms with Crippen molar-refractivity contribution in [2.45, 2.75) is 39.5 Å². The zero-order chi connectivity index (χ0) is 15.8. The van der Waals surface area contributed by atoms with E-state index in [9.17, 15) is 4.79 Å². The van der Waals surface area contributed by atoms with Crippen molar-refractivity contribution in [3.8, 4) is 0 Å². The Kier molecular flexibility index (Phi) is 6.72. The molecule has 1 heterocycles. The van der Waals surface area contributed by atoms with Gasteiger partial charge in [0.15, 0.2) is 0 Å². The van der Waals surface area contributed by atoms with E-state index < -0.39 is 0 Å². The number of hydrogen-bond acceptors (Lipinski definition) is 3. The maximum absolute atomic E-state index is 12.5. The van der Waals surface area contributed by atoms with Gasteiger partial charge in [-0.3, -0.25) is 4.79 Å². The average Bonchev–Trinajstić information content (AvgIpc) is 2.55. The lowest BCUT2D eigenvalue weighted by molar-refractivity contribution is 0.0951. The first kappa shape index (κ1) is 16.8. The number of anilines is 1. The van der Waals surface area contributed by atoms with Crippen molar-refractivity contribution < 1.29 is 9.53 Å². The summed E-state index contributed by atoms with van der Waals surface area (Å²) >= 11 is 0. The molecule has 4 nitrogen and oxygen atoms in total. The quantitative estimate of drug-likeness (QED) is 0.787. The summed E-state index contributed by atoms with van der Waals surface area (Å²) in [7, 11) is 0. The van der Waals surface area contributed by atoms with E-state index in [-0.39, 0.29) is 5.91 Å². The van der Waals surface area contributed by atoms with Crippen molar-refractivity contribution in [2.24, 2.45) is 0 Å². The topological polar surface area (TPSA) is 41.6 Å². The highest BCUT2D eigenvalue weighted by Gasteiger charge is 2.18. The molecule has 0 saturated carbocycles. The van der Waals surface area contributed by atoms with E-state index >= 15 is 0 Å². The highest BCUT2D eigenvalue weighted by molar-refractivity contribution is 6.00. The Labute approximate surface area is 133 Å². The number of rotatable bonds is 7. The van der Waals surface area contributed by atoms with Gasteiger partial charge < -0.3 is 15.0 Å². The molecule has 0 atom stereocenters. The molecule has 122 valence electrons. The molecule has 2 rings (SSSR count). The number of carbonyl (C=O) groups excluding carboxylic acids is 1. The van der Waals surface area contributed by atoms with Gasteiger partial charge >= 0.3 is 0 Å². The van der Waals surface area contributed by atoms with E-state index in [1.165, 1.54) is 19.3 Å². The van der Waals surface area contributed by atoms with E-state index in [1.807, 2.05) is 13.0 Å². The number of carbonyl (C=O) groups is 1. The van der Waals surface area contributed by atoms with Crippen LogP contribution in [0.2, 0.25) is 0 Å². The van der Waals surface area contributed by atoms with Gasteiger partial charge in [0.05, 0.1) is 18.8 Å². The number of aryl methyl sites for hydroxylation is 1. The molecule has 1 N–H and O–H groups in total. The van der Waals surface area contributed by atoms with Gasteiger partial charge in [-0.15, -0.1) is 0 Å². The van der Waals surface area contributed by atoms with Crippen molar-refractivity contribution in [2.75, 3.05) is 37.7 Å². The summed E-state index contributed by atoms with van der Waals surface area (Å²) in [6.07, 6.45) is 4.69. The van der Waals surface area contributed by atoms with Crippen molar-refractivity contribution in [3.05, 3.63) is 29.3 Å². The molecule has 0 radical (unpaired) electrons. The summed E-state index contributed by atoms with van der Waals surface area (Å²) in [6.45, 7) is 8.13. The lowest BCUT2D eigenvalue weighted by atomic mass is 10.1. The summed E-state index contributed by atoms with van der Waals surface area (Å²) in [5, 5.41) is 3.07. The average molecular weight is 304 g/mol. The first-order chi connectivity index (χ1) is 10.7. The highest BCUT2D eigenvalue weighted by atomic mass is 16.5. The molecule has 0 spiro atoms. The summed E-state index contributed by atoms with van der Waals surface area (Å²) in [4.78, 5) is 14.8. The molecule has 1 fully saturated rings. The molecular formula is C18H28N2O2. The van der Waals surface area contributed by atoms with Crippen LogP contribution in [-0.4, -0.2) is 38.8 Å². The third-order valence-corrected chi connectivity index (χ3v) is 4.06. The molecule has 1 aliphatic heterocycles. The van der Waals surface area contributed by atoms with Crippen LogP contribution in [0, 0.1) is 6.92 Å². The summed E-state index contributed by atoms with van der Waals surface area (Å²) < 4.78 is 5.41. The van der Waals surface area contributed by atoms with Gasteiger partial charge in [-0.25, -0.2) is 0 Å². The van der Waals surface area contributed by atoms with Gasteiger partial charge in [-0.05, 0) is 25.5 Å². The molecule has 0 aliphatic carbocycles.